The predicted octanol–water partition coefficient (Wildman–Crippen LogP) is 2.08. The SMILES string of the molecule is Cc1c[nH]c(C)c1C(C)CCN. The molecule has 0 bridgehead atoms. The van der Waals surface area contributed by atoms with Gasteiger partial charge in [0.25, 0.3) is 0 Å². The van der Waals surface area contributed by atoms with Gasteiger partial charge < -0.3 is 10.7 Å². The van der Waals surface area contributed by atoms with Crippen molar-refractivity contribution in [1.82, 2.24) is 4.98 Å². The summed E-state index contributed by atoms with van der Waals surface area (Å²) < 4.78 is 0. The van der Waals surface area contributed by atoms with Crippen LogP contribution in [-0.2, 0) is 0 Å². The summed E-state index contributed by atoms with van der Waals surface area (Å²) in [5.41, 5.74) is 9.61. The van der Waals surface area contributed by atoms with Gasteiger partial charge in [0, 0.05) is 11.9 Å². The first-order valence-electron chi connectivity index (χ1n) is 4.51. The minimum atomic E-state index is 0.584. The summed E-state index contributed by atoms with van der Waals surface area (Å²) in [6.45, 7) is 7.27. The molecule has 0 saturated carbocycles. The number of rotatable bonds is 3. The monoisotopic (exact) mass is 166 g/mol. The lowest BCUT2D eigenvalue weighted by Gasteiger charge is -2.11. The molecular formula is C10H18N2. The van der Waals surface area contributed by atoms with Crippen molar-refractivity contribution in [1.29, 1.82) is 0 Å². The Morgan fingerprint density at radius 1 is 1.50 bits per heavy atom. The fraction of sp³-hybridized carbons (Fsp3) is 0.600. The second-order valence-corrected chi connectivity index (χ2v) is 3.49. The molecule has 0 aliphatic heterocycles. The van der Waals surface area contributed by atoms with Crippen LogP contribution < -0.4 is 5.73 Å². The molecule has 1 heterocycles. The van der Waals surface area contributed by atoms with Gasteiger partial charge in [0.15, 0.2) is 0 Å². The van der Waals surface area contributed by atoms with Crippen molar-refractivity contribution in [2.45, 2.75) is 33.1 Å². The quantitative estimate of drug-likeness (QED) is 0.709. The van der Waals surface area contributed by atoms with E-state index in [1.54, 1.807) is 0 Å². The predicted molar refractivity (Wildman–Crippen MR) is 52.4 cm³/mol. The van der Waals surface area contributed by atoms with E-state index < -0.39 is 0 Å². The minimum Gasteiger partial charge on any atom is -0.365 e. The highest BCUT2D eigenvalue weighted by Gasteiger charge is 2.11. The van der Waals surface area contributed by atoms with Gasteiger partial charge >= 0.3 is 0 Å². The lowest BCUT2D eigenvalue weighted by Crippen LogP contribution is -2.05. The van der Waals surface area contributed by atoms with E-state index >= 15 is 0 Å². The number of aromatic amines is 1. The third-order valence-corrected chi connectivity index (χ3v) is 2.43. The molecule has 0 fully saturated rings. The van der Waals surface area contributed by atoms with E-state index in [1.807, 2.05) is 0 Å². The summed E-state index contributed by atoms with van der Waals surface area (Å²) in [6, 6.07) is 0. The molecule has 1 unspecified atom stereocenters. The first-order chi connectivity index (χ1) is 5.66. The highest BCUT2D eigenvalue weighted by Crippen LogP contribution is 2.24. The van der Waals surface area contributed by atoms with Crippen molar-refractivity contribution in [3.63, 3.8) is 0 Å². The Labute approximate surface area is 74.2 Å². The van der Waals surface area contributed by atoms with E-state index in [4.69, 9.17) is 5.73 Å². The van der Waals surface area contributed by atoms with E-state index in [2.05, 4.69) is 32.0 Å². The molecule has 2 nitrogen and oxygen atoms in total. The molecule has 0 radical (unpaired) electrons. The van der Waals surface area contributed by atoms with Gasteiger partial charge in [0.05, 0.1) is 0 Å². The van der Waals surface area contributed by atoms with Crippen molar-refractivity contribution in [3.05, 3.63) is 23.0 Å². The smallest absolute Gasteiger partial charge is 0.0153 e. The van der Waals surface area contributed by atoms with Gasteiger partial charge in [-0.3, -0.25) is 0 Å². The maximum atomic E-state index is 5.53. The van der Waals surface area contributed by atoms with Crippen molar-refractivity contribution in [2.24, 2.45) is 5.73 Å². The Hall–Kier alpha value is -0.760. The first kappa shape index (κ1) is 9.33. The Morgan fingerprint density at radius 3 is 2.58 bits per heavy atom. The Balaban J connectivity index is 2.85. The standard InChI is InChI=1S/C10H18N2/c1-7(4-5-11)10-8(2)6-12-9(10)3/h6-7,12H,4-5,11H2,1-3H3. The normalized spacial score (nSPS) is 13.3. The van der Waals surface area contributed by atoms with E-state index in [9.17, 15) is 0 Å². The Kier molecular flexibility index (Phi) is 2.93. The number of aromatic nitrogens is 1. The van der Waals surface area contributed by atoms with Gasteiger partial charge in [-0.15, -0.1) is 0 Å². The zero-order valence-electron chi connectivity index (χ0n) is 8.15. The second kappa shape index (κ2) is 3.76. The number of nitrogens with two attached hydrogens (primary N) is 1. The zero-order chi connectivity index (χ0) is 9.14. The summed E-state index contributed by atoms with van der Waals surface area (Å²) >= 11 is 0. The molecule has 3 N–H and O–H groups in total. The number of hydrogen-bond acceptors (Lipinski definition) is 1. The summed E-state index contributed by atoms with van der Waals surface area (Å²) in [5.74, 6) is 0.584. The van der Waals surface area contributed by atoms with Gasteiger partial charge in [-0.1, -0.05) is 6.92 Å². The molecule has 0 saturated heterocycles. The average Bonchev–Trinajstić information content (AvgIpc) is 2.32. The second-order valence-electron chi connectivity index (χ2n) is 3.49. The van der Waals surface area contributed by atoms with Crippen LogP contribution in [-0.4, -0.2) is 11.5 Å². The van der Waals surface area contributed by atoms with Gasteiger partial charge in [0.1, 0.15) is 0 Å². The lowest BCUT2D eigenvalue weighted by molar-refractivity contribution is 0.683. The summed E-state index contributed by atoms with van der Waals surface area (Å²) in [4.78, 5) is 3.24. The van der Waals surface area contributed by atoms with Crippen LogP contribution in [0.15, 0.2) is 6.20 Å². The molecule has 0 aromatic carbocycles. The van der Waals surface area contributed by atoms with Gasteiger partial charge in [0.2, 0.25) is 0 Å². The van der Waals surface area contributed by atoms with Gasteiger partial charge in [-0.2, -0.15) is 0 Å². The largest absolute Gasteiger partial charge is 0.365 e. The van der Waals surface area contributed by atoms with E-state index in [0.29, 0.717) is 5.92 Å². The van der Waals surface area contributed by atoms with E-state index in [1.165, 1.54) is 16.8 Å². The Bertz CT molecular complexity index is 231. The molecule has 0 amide bonds. The third kappa shape index (κ3) is 1.69. The molecule has 0 aliphatic rings. The van der Waals surface area contributed by atoms with Crippen LogP contribution in [0, 0.1) is 13.8 Å². The van der Waals surface area contributed by atoms with E-state index in [-0.39, 0.29) is 0 Å². The fourth-order valence-corrected chi connectivity index (χ4v) is 1.82. The van der Waals surface area contributed by atoms with Crippen LogP contribution in [0.25, 0.3) is 0 Å². The highest BCUT2D eigenvalue weighted by molar-refractivity contribution is 5.32. The maximum absolute atomic E-state index is 5.53. The molecule has 0 aliphatic carbocycles. The number of H-pyrrole nitrogens is 1. The first-order valence-corrected chi connectivity index (χ1v) is 4.51. The van der Waals surface area contributed by atoms with Crippen LogP contribution in [0.1, 0.15) is 36.1 Å². The minimum absolute atomic E-state index is 0.584. The van der Waals surface area contributed by atoms with Crippen LogP contribution in [0.5, 0.6) is 0 Å². The highest BCUT2D eigenvalue weighted by atomic mass is 14.7. The summed E-state index contributed by atoms with van der Waals surface area (Å²) in [6.07, 6.45) is 3.14. The molecule has 1 aromatic heterocycles. The lowest BCUT2D eigenvalue weighted by atomic mass is 9.95. The van der Waals surface area contributed by atoms with Crippen LogP contribution in [0.2, 0.25) is 0 Å². The molecule has 68 valence electrons. The molecule has 1 atom stereocenters. The van der Waals surface area contributed by atoms with Crippen LogP contribution in [0.4, 0.5) is 0 Å². The van der Waals surface area contributed by atoms with Crippen molar-refractivity contribution >= 4 is 0 Å². The van der Waals surface area contributed by atoms with Gasteiger partial charge in [-0.25, -0.2) is 0 Å². The summed E-state index contributed by atoms with van der Waals surface area (Å²) in [5, 5.41) is 0. The topological polar surface area (TPSA) is 41.8 Å². The summed E-state index contributed by atoms with van der Waals surface area (Å²) in [7, 11) is 0. The van der Waals surface area contributed by atoms with Crippen molar-refractivity contribution in [2.75, 3.05) is 6.54 Å². The molecule has 12 heavy (non-hydrogen) atoms. The van der Waals surface area contributed by atoms with Crippen LogP contribution >= 0.6 is 0 Å². The fourth-order valence-electron chi connectivity index (χ4n) is 1.82. The number of aryl methyl sites for hydroxylation is 2. The maximum Gasteiger partial charge on any atom is 0.0153 e. The van der Waals surface area contributed by atoms with E-state index in [0.717, 1.165) is 13.0 Å². The van der Waals surface area contributed by atoms with Crippen LogP contribution in [0.3, 0.4) is 0 Å². The number of nitrogens with one attached hydrogen (secondary N) is 1. The third-order valence-electron chi connectivity index (χ3n) is 2.43. The van der Waals surface area contributed by atoms with Gasteiger partial charge in [-0.05, 0) is 43.9 Å². The molecule has 0 spiro atoms. The average molecular weight is 166 g/mol. The molecule has 2 heteroatoms. The molecular weight excluding hydrogens is 148 g/mol. The van der Waals surface area contributed by atoms with Crippen molar-refractivity contribution < 1.29 is 0 Å². The zero-order valence-corrected chi connectivity index (χ0v) is 8.15. The number of hydrogen-bond donors (Lipinski definition) is 2. The Morgan fingerprint density at radius 2 is 2.17 bits per heavy atom. The molecule has 1 aromatic rings. The van der Waals surface area contributed by atoms with Crippen molar-refractivity contribution in [3.8, 4) is 0 Å². The molecule has 1 rings (SSSR count).